The topological polar surface area (TPSA) is 92.1 Å². The van der Waals surface area contributed by atoms with Crippen LogP contribution in [0.1, 0.15) is 38.8 Å². The molecule has 2 aromatic rings. The maximum atomic E-state index is 12.1. The fraction of sp³-hybridized carbons (Fsp3) is 0.471. The summed E-state index contributed by atoms with van der Waals surface area (Å²) < 4.78 is 1.67. The van der Waals surface area contributed by atoms with E-state index in [4.69, 9.17) is 0 Å². The number of nitrogens with zero attached hydrogens (tertiary/aromatic N) is 3. The largest absolute Gasteiger partial charge is 0.394 e. The van der Waals surface area contributed by atoms with Crippen LogP contribution in [0.3, 0.4) is 0 Å². The van der Waals surface area contributed by atoms with Crippen LogP contribution in [0, 0.1) is 5.92 Å². The Labute approximate surface area is 142 Å². The smallest absolute Gasteiger partial charge is 0.315 e. The van der Waals surface area contributed by atoms with Gasteiger partial charge in [-0.2, -0.15) is 5.10 Å². The minimum Gasteiger partial charge on any atom is -0.394 e. The molecule has 1 heterocycles. The van der Waals surface area contributed by atoms with Gasteiger partial charge in [0.25, 0.3) is 0 Å². The predicted octanol–water partition coefficient (Wildman–Crippen LogP) is 2.03. The molecule has 2 rings (SSSR count). The number of amides is 2. The number of aliphatic hydroxyl groups is 1. The maximum absolute atomic E-state index is 12.1. The second kappa shape index (κ2) is 8.44. The van der Waals surface area contributed by atoms with Gasteiger partial charge in [0.1, 0.15) is 12.7 Å². The van der Waals surface area contributed by atoms with Crippen LogP contribution in [0.25, 0.3) is 5.69 Å². The third-order valence-electron chi connectivity index (χ3n) is 3.71. The molecule has 0 aliphatic carbocycles. The van der Waals surface area contributed by atoms with Crippen LogP contribution in [0.15, 0.2) is 36.9 Å². The number of hydrogen-bond acceptors (Lipinski definition) is 4. The van der Waals surface area contributed by atoms with Gasteiger partial charge in [-0.1, -0.05) is 26.0 Å². The van der Waals surface area contributed by atoms with Gasteiger partial charge in [-0.05, 0) is 37.0 Å². The molecule has 2 amide bonds. The number of carbonyl (C=O) groups excluding carboxylic acids is 1. The Hall–Kier alpha value is -2.41. The van der Waals surface area contributed by atoms with Crippen molar-refractivity contribution >= 4 is 6.03 Å². The summed E-state index contributed by atoms with van der Waals surface area (Å²) in [6.07, 6.45) is 3.84. The van der Waals surface area contributed by atoms with Gasteiger partial charge < -0.3 is 15.7 Å². The zero-order valence-corrected chi connectivity index (χ0v) is 14.3. The van der Waals surface area contributed by atoms with Crippen molar-refractivity contribution in [3.05, 3.63) is 42.5 Å². The minimum atomic E-state index is -0.284. The second-order valence-electron chi connectivity index (χ2n) is 6.28. The van der Waals surface area contributed by atoms with E-state index in [1.54, 1.807) is 11.0 Å². The van der Waals surface area contributed by atoms with Crippen LogP contribution in [0.4, 0.5) is 4.79 Å². The molecule has 0 saturated carbocycles. The van der Waals surface area contributed by atoms with E-state index in [-0.39, 0.29) is 24.7 Å². The number of aliphatic hydroxyl groups excluding tert-OH is 1. The predicted molar refractivity (Wildman–Crippen MR) is 91.8 cm³/mol. The van der Waals surface area contributed by atoms with Crippen LogP contribution in [-0.2, 0) is 0 Å². The molecule has 0 bridgehead atoms. The Balaban J connectivity index is 1.98. The average Bonchev–Trinajstić information content (AvgIpc) is 3.08. The monoisotopic (exact) mass is 331 g/mol. The van der Waals surface area contributed by atoms with Crippen molar-refractivity contribution in [2.24, 2.45) is 5.92 Å². The number of benzene rings is 1. The number of urea groups is 1. The number of hydrogen-bond donors (Lipinski definition) is 3. The van der Waals surface area contributed by atoms with Crippen LogP contribution in [-0.4, -0.2) is 38.6 Å². The third kappa shape index (κ3) is 5.06. The molecule has 0 unspecified atom stereocenters. The fourth-order valence-corrected chi connectivity index (χ4v) is 2.53. The number of rotatable bonds is 7. The standard InChI is InChI=1S/C17H25N5O2/c1-12(2)7-15(9-23)21-17(24)20-13(3)14-5-4-6-16(8-14)22-11-18-10-19-22/h4-6,8,10-13,15,23H,7,9H2,1-3H3,(H2,20,21,24)/t13-,15-/m1/s1. The highest BCUT2D eigenvalue weighted by molar-refractivity contribution is 5.74. The number of nitrogens with one attached hydrogen (secondary N) is 2. The summed E-state index contributed by atoms with van der Waals surface area (Å²) >= 11 is 0. The lowest BCUT2D eigenvalue weighted by Crippen LogP contribution is -2.45. The lowest BCUT2D eigenvalue weighted by atomic mass is 10.0. The van der Waals surface area contributed by atoms with Crippen molar-refractivity contribution in [1.29, 1.82) is 0 Å². The first-order chi connectivity index (χ1) is 11.5. The van der Waals surface area contributed by atoms with E-state index >= 15 is 0 Å². The van der Waals surface area contributed by atoms with E-state index in [2.05, 4.69) is 34.6 Å². The van der Waals surface area contributed by atoms with Gasteiger partial charge in [-0.15, -0.1) is 0 Å². The van der Waals surface area contributed by atoms with Gasteiger partial charge in [0.15, 0.2) is 0 Å². The van der Waals surface area contributed by atoms with E-state index in [9.17, 15) is 9.90 Å². The maximum Gasteiger partial charge on any atom is 0.315 e. The lowest BCUT2D eigenvalue weighted by Gasteiger charge is -2.21. The molecule has 1 aromatic carbocycles. The zero-order valence-electron chi connectivity index (χ0n) is 14.3. The molecule has 3 N–H and O–H groups in total. The van der Waals surface area contributed by atoms with Crippen molar-refractivity contribution in [1.82, 2.24) is 25.4 Å². The Kier molecular flexibility index (Phi) is 6.31. The molecule has 0 spiro atoms. The third-order valence-corrected chi connectivity index (χ3v) is 3.71. The van der Waals surface area contributed by atoms with Crippen molar-refractivity contribution in [3.8, 4) is 5.69 Å². The van der Waals surface area contributed by atoms with E-state index in [0.29, 0.717) is 5.92 Å². The molecule has 0 radical (unpaired) electrons. The Morgan fingerprint density at radius 3 is 2.71 bits per heavy atom. The quantitative estimate of drug-likeness (QED) is 0.724. The molecule has 24 heavy (non-hydrogen) atoms. The Morgan fingerprint density at radius 1 is 1.29 bits per heavy atom. The van der Waals surface area contributed by atoms with Gasteiger partial charge in [0.05, 0.1) is 24.4 Å². The first kappa shape index (κ1) is 17.9. The molecule has 7 heteroatoms. The first-order valence-electron chi connectivity index (χ1n) is 8.12. The summed E-state index contributed by atoms with van der Waals surface area (Å²) in [6.45, 7) is 5.96. The van der Waals surface area contributed by atoms with Crippen LogP contribution >= 0.6 is 0 Å². The highest BCUT2D eigenvalue weighted by Gasteiger charge is 2.15. The van der Waals surface area contributed by atoms with Crippen LogP contribution in [0.5, 0.6) is 0 Å². The van der Waals surface area contributed by atoms with Crippen molar-refractivity contribution in [2.45, 2.75) is 39.3 Å². The first-order valence-corrected chi connectivity index (χ1v) is 8.12. The molecule has 0 saturated heterocycles. The molecular weight excluding hydrogens is 306 g/mol. The van der Waals surface area contributed by atoms with Gasteiger partial charge in [0.2, 0.25) is 0 Å². The minimum absolute atomic E-state index is 0.0677. The Morgan fingerprint density at radius 2 is 2.08 bits per heavy atom. The molecule has 0 aliphatic heterocycles. The van der Waals surface area contributed by atoms with Gasteiger partial charge in [-0.25, -0.2) is 14.5 Å². The van der Waals surface area contributed by atoms with Crippen molar-refractivity contribution in [3.63, 3.8) is 0 Å². The normalized spacial score (nSPS) is 13.5. The molecular formula is C17H25N5O2. The summed E-state index contributed by atoms with van der Waals surface area (Å²) in [5.41, 5.74) is 1.84. The summed E-state index contributed by atoms with van der Waals surface area (Å²) in [6, 6.07) is 7.05. The van der Waals surface area contributed by atoms with Gasteiger partial charge >= 0.3 is 6.03 Å². The van der Waals surface area contributed by atoms with Crippen LogP contribution in [0.2, 0.25) is 0 Å². The average molecular weight is 331 g/mol. The van der Waals surface area contributed by atoms with Crippen molar-refractivity contribution in [2.75, 3.05) is 6.61 Å². The van der Waals surface area contributed by atoms with Crippen LogP contribution < -0.4 is 10.6 Å². The fourth-order valence-electron chi connectivity index (χ4n) is 2.53. The second-order valence-corrected chi connectivity index (χ2v) is 6.28. The zero-order chi connectivity index (χ0) is 17.5. The molecule has 0 fully saturated rings. The summed E-state index contributed by atoms with van der Waals surface area (Å²) in [5.74, 6) is 0.402. The van der Waals surface area contributed by atoms with Crippen molar-refractivity contribution < 1.29 is 9.90 Å². The van der Waals surface area contributed by atoms with E-state index in [1.807, 2.05) is 31.2 Å². The summed E-state index contributed by atoms with van der Waals surface area (Å²) in [7, 11) is 0. The molecule has 0 aliphatic rings. The number of aromatic nitrogens is 3. The summed E-state index contributed by atoms with van der Waals surface area (Å²) in [5, 5.41) is 19.2. The SMILES string of the molecule is CC(C)C[C@H](CO)NC(=O)N[C@H](C)c1cccc(-n2cncn2)c1. The highest BCUT2D eigenvalue weighted by atomic mass is 16.3. The molecule has 2 atom stereocenters. The molecule has 130 valence electrons. The summed E-state index contributed by atoms with van der Waals surface area (Å²) in [4.78, 5) is 16.1. The van der Waals surface area contributed by atoms with E-state index < -0.39 is 0 Å². The van der Waals surface area contributed by atoms with Gasteiger partial charge in [-0.3, -0.25) is 0 Å². The van der Waals surface area contributed by atoms with Gasteiger partial charge in [0, 0.05) is 0 Å². The highest BCUT2D eigenvalue weighted by Crippen LogP contribution is 2.16. The van der Waals surface area contributed by atoms with E-state index in [1.165, 1.54) is 6.33 Å². The number of carbonyl (C=O) groups is 1. The Bertz CT molecular complexity index is 642. The lowest BCUT2D eigenvalue weighted by molar-refractivity contribution is 0.205. The molecule has 7 nitrogen and oxygen atoms in total. The molecule has 1 aromatic heterocycles. The van der Waals surface area contributed by atoms with E-state index in [0.717, 1.165) is 17.7 Å².